The molecule has 0 aliphatic carbocycles. The lowest BCUT2D eigenvalue weighted by Crippen LogP contribution is -2.44. The first kappa shape index (κ1) is 13.7. The largest absolute Gasteiger partial charge is 0.296 e. The molecule has 0 aromatic rings. The van der Waals surface area contributed by atoms with Crippen LogP contribution in [0.3, 0.4) is 0 Å². The molecule has 0 atom stereocenters. The predicted octanol–water partition coefficient (Wildman–Crippen LogP) is 0.911. The fraction of sp³-hybridized carbons (Fsp3) is 0.400. The number of nitrogens with zero attached hydrogens (tertiary/aromatic N) is 1. The molecule has 0 aromatic carbocycles. The van der Waals surface area contributed by atoms with Gasteiger partial charge in [0.25, 0.3) is 0 Å². The van der Waals surface area contributed by atoms with Crippen molar-refractivity contribution in [2.45, 2.75) is 0 Å². The second kappa shape index (κ2) is 6.81. The van der Waals surface area contributed by atoms with E-state index in [0.29, 0.717) is 24.1 Å². The maximum absolute atomic E-state index is 5.17. The van der Waals surface area contributed by atoms with Gasteiger partial charge in [-0.2, -0.15) is 0 Å². The Labute approximate surface area is 85.5 Å². The fourth-order valence-electron chi connectivity index (χ4n) is 0.829. The molecule has 0 rings (SSSR count). The van der Waals surface area contributed by atoms with E-state index in [-0.39, 0.29) is 17.0 Å². The normalized spacial score (nSPS) is 8.50. The lowest BCUT2D eigenvalue weighted by molar-refractivity contribution is -0.888. The molecule has 0 amide bonds. The molecule has 0 aliphatic rings. The average Bonchev–Trinajstić information content (AvgIpc) is 1.88. The van der Waals surface area contributed by atoms with E-state index < -0.39 is 0 Å². The second-order valence-corrected chi connectivity index (χ2v) is 2.71. The number of hydrogen-bond donors (Lipinski definition) is 0. The zero-order chi connectivity index (χ0) is 8.74. The number of rotatable bonds is 3. The van der Waals surface area contributed by atoms with Gasteiger partial charge in [-0.15, -0.1) is 36.3 Å². The van der Waals surface area contributed by atoms with Crippen molar-refractivity contribution in [3.63, 3.8) is 0 Å². The van der Waals surface area contributed by atoms with Gasteiger partial charge in [0.2, 0.25) is 0 Å². The molecule has 0 radical (unpaired) electrons. The Kier molecular flexibility index (Phi) is 7.77. The van der Waals surface area contributed by atoms with Gasteiger partial charge in [0.15, 0.2) is 0 Å². The Bertz CT molecular complexity index is 195. The molecule has 0 spiro atoms. The highest BCUT2D eigenvalue weighted by molar-refractivity contribution is 8.93. The van der Waals surface area contributed by atoms with E-state index >= 15 is 0 Å². The summed E-state index contributed by atoms with van der Waals surface area (Å²) >= 11 is 0. The van der Waals surface area contributed by atoms with E-state index in [1.54, 1.807) is 0 Å². The van der Waals surface area contributed by atoms with Gasteiger partial charge in [0.1, 0.15) is 19.6 Å². The molecule has 0 aliphatic heterocycles. The molecule has 0 heterocycles. The van der Waals surface area contributed by atoms with Crippen molar-refractivity contribution in [2.75, 3.05) is 26.7 Å². The van der Waals surface area contributed by atoms with Crippen LogP contribution in [0.5, 0.6) is 0 Å². The molecule has 0 unspecified atom stereocenters. The molecule has 0 fully saturated rings. The summed E-state index contributed by atoms with van der Waals surface area (Å²) in [6.45, 7) is 1.78. The minimum atomic E-state index is 0. The number of terminal acetylenes is 3. The molecule has 12 heavy (non-hydrogen) atoms. The predicted molar refractivity (Wildman–Crippen MR) is 57.6 cm³/mol. The Hall–Kier alpha value is -0.880. The molecular weight excluding hydrogens is 214 g/mol. The van der Waals surface area contributed by atoms with E-state index in [0.717, 1.165) is 0 Å². The summed E-state index contributed by atoms with van der Waals surface area (Å²) in [5.74, 6) is 7.68. The van der Waals surface area contributed by atoms with Gasteiger partial charge in [-0.3, -0.25) is 4.48 Å². The van der Waals surface area contributed by atoms with E-state index in [9.17, 15) is 0 Å². The summed E-state index contributed by atoms with van der Waals surface area (Å²) in [5.41, 5.74) is 0. The quantitative estimate of drug-likeness (QED) is 0.496. The van der Waals surface area contributed by atoms with Crippen molar-refractivity contribution in [3.8, 4) is 37.0 Å². The summed E-state index contributed by atoms with van der Waals surface area (Å²) in [6.07, 6.45) is 15.5. The van der Waals surface area contributed by atoms with Crippen molar-refractivity contribution in [1.29, 1.82) is 0 Å². The van der Waals surface area contributed by atoms with Crippen LogP contribution in [0, 0.1) is 37.0 Å². The third-order valence-electron chi connectivity index (χ3n) is 1.42. The van der Waals surface area contributed by atoms with Crippen molar-refractivity contribution in [2.24, 2.45) is 0 Å². The third-order valence-corrected chi connectivity index (χ3v) is 1.42. The van der Waals surface area contributed by atoms with Crippen molar-refractivity contribution < 1.29 is 4.48 Å². The zero-order valence-electron chi connectivity index (χ0n) is 7.21. The molecular formula is C10H13BrN+. The first-order chi connectivity index (χ1) is 5.18. The fourth-order valence-corrected chi connectivity index (χ4v) is 0.829. The SMILES string of the molecule is Br.C#CC[N+](C)(CC#C)CC#C. The monoisotopic (exact) mass is 226 g/mol. The molecule has 0 saturated heterocycles. The molecule has 1 nitrogen and oxygen atoms in total. The van der Waals surface area contributed by atoms with Gasteiger partial charge in [0.05, 0.1) is 7.05 Å². The number of quaternary nitrogens is 1. The third kappa shape index (κ3) is 4.86. The highest BCUT2D eigenvalue weighted by atomic mass is 79.9. The van der Waals surface area contributed by atoms with E-state index in [2.05, 4.69) is 17.8 Å². The minimum Gasteiger partial charge on any atom is -0.296 e. The Morgan fingerprint density at radius 2 is 1.17 bits per heavy atom. The zero-order valence-corrected chi connectivity index (χ0v) is 8.92. The first-order valence-corrected chi connectivity index (χ1v) is 3.32. The molecule has 64 valence electrons. The van der Waals surface area contributed by atoms with Gasteiger partial charge in [0, 0.05) is 0 Å². The highest BCUT2D eigenvalue weighted by Gasteiger charge is 2.16. The summed E-state index contributed by atoms with van der Waals surface area (Å²) in [7, 11) is 1.96. The van der Waals surface area contributed by atoms with Crippen LogP contribution in [0.2, 0.25) is 0 Å². The molecule has 0 saturated carbocycles. The van der Waals surface area contributed by atoms with E-state index in [1.807, 2.05) is 7.05 Å². The number of halogens is 1. The average molecular weight is 227 g/mol. The molecule has 0 aromatic heterocycles. The smallest absolute Gasteiger partial charge is 0.141 e. The van der Waals surface area contributed by atoms with Gasteiger partial charge < -0.3 is 0 Å². The maximum Gasteiger partial charge on any atom is 0.141 e. The van der Waals surface area contributed by atoms with E-state index in [1.165, 1.54) is 0 Å². The maximum atomic E-state index is 5.17. The van der Waals surface area contributed by atoms with Crippen LogP contribution >= 0.6 is 17.0 Å². The van der Waals surface area contributed by atoms with Crippen LogP contribution in [0.15, 0.2) is 0 Å². The van der Waals surface area contributed by atoms with Gasteiger partial charge >= 0.3 is 0 Å². The molecule has 0 N–H and O–H groups in total. The van der Waals surface area contributed by atoms with Crippen LogP contribution in [0.4, 0.5) is 0 Å². The standard InChI is InChI=1S/C10H12N.BrH/c1-5-8-11(4,9-6-2)10-7-3;/h1-3H,8-10H2,4H3;1H/q+1;. The Morgan fingerprint density at radius 3 is 1.33 bits per heavy atom. The highest BCUT2D eigenvalue weighted by Crippen LogP contribution is 1.98. The van der Waals surface area contributed by atoms with Crippen LogP contribution < -0.4 is 0 Å². The number of hydrogen-bond acceptors (Lipinski definition) is 0. The second-order valence-electron chi connectivity index (χ2n) is 2.71. The lowest BCUT2D eigenvalue weighted by Gasteiger charge is -2.27. The van der Waals surface area contributed by atoms with Crippen LogP contribution in [0.1, 0.15) is 0 Å². The lowest BCUT2D eigenvalue weighted by atomic mass is 10.3. The summed E-state index contributed by atoms with van der Waals surface area (Å²) < 4.78 is 0.573. The van der Waals surface area contributed by atoms with Crippen molar-refractivity contribution >= 4 is 17.0 Å². The van der Waals surface area contributed by atoms with Gasteiger partial charge in [-0.1, -0.05) is 0 Å². The van der Waals surface area contributed by atoms with Crippen molar-refractivity contribution in [3.05, 3.63) is 0 Å². The van der Waals surface area contributed by atoms with Crippen molar-refractivity contribution in [1.82, 2.24) is 0 Å². The topological polar surface area (TPSA) is 0 Å². The summed E-state index contributed by atoms with van der Waals surface area (Å²) in [5, 5.41) is 0. The molecule has 0 bridgehead atoms. The van der Waals surface area contributed by atoms with Gasteiger partial charge in [-0.25, -0.2) is 0 Å². The minimum absolute atomic E-state index is 0. The van der Waals surface area contributed by atoms with E-state index in [4.69, 9.17) is 19.3 Å². The summed E-state index contributed by atoms with van der Waals surface area (Å²) in [4.78, 5) is 0. The first-order valence-electron chi connectivity index (χ1n) is 3.32. The van der Waals surface area contributed by atoms with Gasteiger partial charge in [-0.05, 0) is 17.8 Å². The Morgan fingerprint density at radius 1 is 0.917 bits per heavy atom. The Balaban J connectivity index is 0. The molecule has 2 heteroatoms. The van der Waals surface area contributed by atoms with Crippen LogP contribution in [0.25, 0.3) is 0 Å². The van der Waals surface area contributed by atoms with Crippen LogP contribution in [-0.4, -0.2) is 31.2 Å². The summed E-state index contributed by atoms with van der Waals surface area (Å²) in [6, 6.07) is 0. The van der Waals surface area contributed by atoms with Crippen LogP contribution in [-0.2, 0) is 0 Å².